The second kappa shape index (κ2) is 14.6. The van der Waals surface area contributed by atoms with Gasteiger partial charge in [0.1, 0.15) is 17.6 Å². The minimum atomic E-state index is -0.782. The topological polar surface area (TPSA) is 145 Å². The second-order valence-corrected chi connectivity index (χ2v) is 21.2. The van der Waals surface area contributed by atoms with Crippen molar-refractivity contribution in [3.05, 3.63) is 70.3 Å². The van der Waals surface area contributed by atoms with Gasteiger partial charge in [-0.15, -0.1) is 0 Å². The molecule has 1 saturated heterocycles. The predicted molar refractivity (Wildman–Crippen MR) is 228 cm³/mol. The molecular weight excluding hydrogens is 725 g/mol. The number of carbonyl (C=O) groups excluding carboxylic acids is 2. The maximum absolute atomic E-state index is 14.6. The van der Waals surface area contributed by atoms with E-state index in [0.29, 0.717) is 44.1 Å². The summed E-state index contributed by atoms with van der Waals surface area (Å²) in [5.74, 6) is 0.633. The Bertz CT molecular complexity index is 1990. The van der Waals surface area contributed by atoms with Gasteiger partial charge in [0.05, 0.1) is 17.8 Å². The van der Waals surface area contributed by atoms with Crippen molar-refractivity contribution in [2.45, 2.75) is 161 Å². The van der Waals surface area contributed by atoms with E-state index in [9.17, 15) is 24.9 Å². The molecule has 0 amide bonds. The fourth-order valence-electron chi connectivity index (χ4n) is 15.2. The van der Waals surface area contributed by atoms with Gasteiger partial charge in [0.2, 0.25) is 0 Å². The lowest BCUT2D eigenvalue weighted by Gasteiger charge is -2.69. The molecule has 316 valence electrons. The number of rotatable bonds is 11. The van der Waals surface area contributed by atoms with Crippen molar-refractivity contribution in [3.8, 4) is 5.75 Å². The van der Waals surface area contributed by atoms with E-state index in [0.717, 1.165) is 67.3 Å². The van der Waals surface area contributed by atoms with Crippen LogP contribution in [0.3, 0.4) is 0 Å². The summed E-state index contributed by atoms with van der Waals surface area (Å²) in [4.78, 5) is 29.2. The first-order chi connectivity index (χ1) is 27.3. The lowest BCUT2D eigenvalue weighted by molar-refractivity contribution is -0.219. The highest BCUT2D eigenvalue weighted by Gasteiger charge is 2.71. The number of allylic oxidation sites excluding steroid dienone is 2. The number of nitrogen functional groups attached to an aromatic ring is 1. The van der Waals surface area contributed by atoms with Crippen LogP contribution in [0.15, 0.2) is 53.6 Å². The number of phenolic OH excluding ortho intramolecular Hbond substituents is 1. The fourth-order valence-corrected chi connectivity index (χ4v) is 15.2. The van der Waals surface area contributed by atoms with Crippen molar-refractivity contribution < 1.29 is 29.6 Å². The number of epoxide rings is 1. The lowest BCUT2D eigenvalue weighted by Crippen LogP contribution is -2.67. The third-order valence-corrected chi connectivity index (χ3v) is 17.6. The summed E-state index contributed by atoms with van der Waals surface area (Å²) in [6, 6.07) is 13.8. The molecule has 0 bridgehead atoms. The molecule has 58 heavy (non-hydrogen) atoms. The van der Waals surface area contributed by atoms with E-state index in [2.05, 4.69) is 58.1 Å². The number of phenols is 1. The van der Waals surface area contributed by atoms with Gasteiger partial charge in [-0.3, -0.25) is 9.59 Å². The first kappa shape index (κ1) is 41.7. The van der Waals surface area contributed by atoms with Gasteiger partial charge < -0.3 is 31.1 Å². The number of anilines is 1. The van der Waals surface area contributed by atoms with Crippen molar-refractivity contribution in [1.29, 1.82) is 0 Å². The van der Waals surface area contributed by atoms with Crippen LogP contribution in [0.4, 0.5) is 5.69 Å². The number of ether oxygens (including phenoxy) is 1. The number of aromatic hydroxyl groups is 1. The summed E-state index contributed by atoms with van der Waals surface area (Å²) in [7, 11) is 1.87. The number of nitrogens with two attached hydrogens (primary N) is 1. The summed E-state index contributed by atoms with van der Waals surface area (Å²) < 4.78 is 6.53. The van der Waals surface area contributed by atoms with Gasteiger partial charge in [-0.25, -0.2) is 0 Å². The number of ketones is 2. The molecule has 8 rings (SSSR count). The van der Waals surface area contributed by atoms with E-state index in [-0.39, 0.29) is 52.0 Å². The van der Waals surface area contributed by atoms with Crippen molar-refractivity contribution in [2.75, 3.05) is 12.8 Å². The maximum Gasteiger partial charge on any atom is 0.160 e. The van der Waals surface area contributed by atoms with Gasteiger partial charge >= 0.3 is 0 Å². The van der Waals surface area contributed by atoms with Crippen LogP contribution in [-0.2, 0) is 20.9 Å². The van der Waals surface area contributed by atoms with Crippen LogP contribution >= 0.6 is 0 Å². The Kier molecular flexibility index (Phi) is 10.5. The molecule has 5 fully saturated rings. The van der Waals surface area contributed by atoms with Crippen LogP contribution < -0.4 is 11.1 Å². The quantitative estimate of drug-likeness (QED) is 0.112. The van der Waals surface area contributed by atoms with E-state index in [4.69, 9.17) is 10.5 Å². The zero-order chi connectivity index (χ0) is 41.7. The number of benzene rings is 2. The largest absolute Gasteiger partial charge is 0.508 e. The van der Waals surface area contributed by atoms with Crippen LogP contribution in [0.5, 0.6) is 5.75 Å². The van der Waals surface area contributed by atoms with Crippen molar-refractivity contribution in [3.63, 3.8) is 0 Å². The van der Waals surface area contributed by atoms with E-state index in [1.54, 1.807) is 12.1 Å². The minimum absolute atomic E-state index is 0.0590. The zero-order valence-electron chi connectivity index (χ0n) is 36.4. The fraction of sp³-hybridized carbons (Fsp3) is 0.680. The average Bonchev–Trinajstić information content (AvgIpc) is 3.45. The number of nitrogens with one attached hydrogen (secondary N) is 1. The van der Waals surface area contributed by atoms with Crippen LogP contribution in [0, 0.1) is 45.3 Å². The van der Waals surface area contributed by atoms with Gasteiger partial charge in [-0.1, -0.05) is 78.2 Å². The molecule has 0 radical (unpaired) electrons. The normalized spacial score (nSPS) is 40.2. The van der Waals surface area contributed by atoms with Crippen molar-refractivity contribution >= 4 is 17.3 Å². The molecule has 8 nitrogen and oxygen atoms in total. The Labute approximate surface area is 346 Å². The molecule has 2 aromatic rings. The van der Waals surface area contributed by atoms with Crippen LogP contribution in [0.1, 0.15) is 148 Å². The summed E-state index contributed by atoms with van der Waals surface area (Å²) >= 11 is 0. The Morgan fingerprint density at radius 3 is 2.45 bits per heavy atom. The molecule has 8 heteroatoms. The molecule has 0 spiro atoms. The summed E-state index contributed by atoms with van der Waals surface area (Å²) in [5.41, 5.74) is 9.79. The molecule has 13 atom stereocenters. The summed E-state index contributed by atoms with van der Waals surface area (Å²) in [5, 5.41) is 38.4. The standard InChI is InChI=1S/C50H70N2O6/c1-9-12-30(23-38(54)45-50(7,58-45)36-16-11-15-34(36)29-13-10-14-32(51)21-29)42-37-17-18-41-47(4)24-35(31-19-28(27-52-8)20-33(53)22-31)44(57)46(2,3)43(47)40(56)26-49(41,6)48(37,5)25-39(42)55/h10,13-14,19-22,30,34-36,38,40-41,43,45,52-54,56H,9,11-12,15-18,23-27,51H2,1-8H3. The Hall–Kier alpha value is -3.04. The number of Topliss-reactive ketones (excluding diaryl/α,β-unsaturated/α-hetero) is 2. The summed E-state index contributed by atoms with van der Waals surface area (Å²) in [6.07, 6.45) is 7.14. The number of hydrogen-bond donors (Lipinski definition) is 5. The van der Waals surface area contributed by atoms with Crippen molar-refractivity contribution in [1.82, 2.24) is 5.32 Å². The molecule has 6 aliphatic rings. The van der Waals surface area contributed by atoms with Crippen LogP contribution in [0.25, 0.3) is 0 Å². The number of aliphatic hydroxyl groups is 2. The molecule has 1 heterocycles. The number of fused-ring (bicyclic) bond motifs is 5. The Morgan fingerprint density at radius 1 is 0.983 bits per heavy atom. The number of carbonyl (C=O) groups is 2. The molecule has 0 aromatic heterocycles. The molecule has 2 aromatic carbocycles. The van der Waals surface area contributed by atoms with Gasteiger partial charge in [0.15, 0.2) is 5.78 Å². The molecule has 6 N–H and O–H groups in total. The lowest BCUT2D eigenvalue weighted by atomic mass is 9.35. The first-order valence-corrected chi connectivity index (χ1v) is 22.5. The van der Waals surface area contributed by atoms with E-state index >= 15 is 0 Å². The third kappa shape index (κ3) is 6.27. The van der Waals surface area contributed by atoms with Gasteiger partial charge in [-0.05, 0) is 146 Å². The highest BCUT2D eigenvalue weighted by molar-refractivity contribution is 6.00. The van der Waals surface area contributed by atoms with Crippen LogP contribution in [0.2, 0.25) is 0 Å². The number of aliphatic hydroxyl groups excluding tert-OH is 2. The van der Waals surface area contributed by atoms with E-state index in [1.807, 2.05) is 33.0 Å². The molecule has 13 unspecified atom stereocenters. The average molecular weight is 795 g/mol. The SMILES string of the molecule is CCCC(CC(O)C1OC1(C)C1CCCC1c1cccc(N)c1)C1=C2CCC3C4(C)CC(c5cc(O)cc(CNC)c5)C(=O)C(C)(C)C4C(O)CC3(C)C2(C)CC1=O. The highest BCUT2D eigenvalue weighted by atomic mass is 16.6. The van der Waals surface area contributed by atoms with Gasteiger partial charge in [0, 0.05) is 41.3 Å². The first-order valence-electron chi connectivity index (χ1n) is 22.5. The Balaban J connectivity index is 1.08. The van der Waals surface area contributed by atoms with E-state index < -0.39 is 34.6 Å². The van der Waals surface area contributed by atoms with Crippen molar-refractivity contribution in [2.24, 2.45) is 45.3 Å². The maximum atomic E-state index is 14.6. The van der Waals surface area contributed by atoms with Gasteiger partial charge in [0.25, 0.3) is 0 Å². The molecule has 5 aliphatic carbocycles. The molecule has 4 saturated carbocycles. The number of hydrogen-bond acceptors (Lipinski definition) is 8. The third-order valence-electron chi connectivity index (χ3n) is 17.6. The second-order valence-electron chi connectivity index (χ2n) is 21.2. The highest BCUT2D eigenvalue weighted by Crippen LogP contribution is 2.75. The minimum Gasteiger partial charge on any atom is -0.508 e. The monoisotopic (exact) mass is 795 g/mol. The summed E-state index contributed by atoms with van der Waals surface area (Å²) in [6.45, 7) is 15.9. The zero-order valence-corrected chi connectivity index (χ0v) is 36.4. The smallest absolute Gasteiger partial charge is 0.160 e. The van der Waals surface area contributed by atoms with Gasteiger partial charge in [-0.2, -0.15) is 0 Å². The Morgan fingerprint density at radius 2 is 1.74 bits per heavy atom. The van der Waals surface area contributed by atoms with Crippen LogP contribution in [-0.4, -0.2) is 57.8 Å². The molecular formula is C50H70N2O6. The van der Waals surface area contributed by atoms with E-state index in [1.165, 1.54) is 11.1 Å². The predicted octanol–water partition coefficient (Wildman–Crippen LogP) is 8.76. The molecule has 1 aliphatic heterocycles.